The molecule has 0 saturated carbocycles. The van der Waals surface area contributed by atoms with Crippen molar-refractivity contribution >= 4 is 22.3 Å². The standard InChI is InChI=1S/C30H24F3N3O3/c1-38-23-9-7-20(8-10-23)28-29-25(34-26-17-22(30(31,32)33)12-14-35(26)29)13-15-36(28)27(37)18-39-24-11-6-19-4-2-3-5-21(19)16-24/h2-12,14,16-17,28H,13,15,18H2,1H3. The van der Waals surface area contributed by atoms with E-state index < -0.39 is 17.8 Å². The Balaban J connectivity index is 1.35. The van der Waals surface area contributed by atoms with Gasteiger partial charge in [0.15, 0.2) is 6.61 Å². The summed E-state index contributed by atoms with van der Waals surface area (Å²) in [5.41, 5.74) is 1.53. The van der Waals surface area contributed by atoms with Gasteiger partial charge in [0.1, 0.15) is 17.1 Å². The van der Waals surface area contributed by atoms with Crippen LogP contribution in [0, 0.1) is 0 Å². The SMILES string of the molecule is COc1ccc(C2c3c(nc4cc(C(F)(F)F)ccn34)CCN2C(=O)COc2ccc3ccccc3c2)cc1. The highest BCUT2D eigenvalue weighted by molar-refractivity contribution is 5.84. The molecule has 0 saturated heterocycles. The average Bonchev–Trinajstić information content (AvgIpc) is 3.33. The Kier molecular flexibility index (Phi) is 6.13. The maximum Gasteiger partial charge on any atom is 0.416 e. The number of amides is 1. The molecule has 0 spiro atoms. The molecular formula is C30H24F3N3O3. The molecule has 1 aliphatic rings. The Morgan fingerprint density at radius 1 is 0.974 bits per heavy atom. The van der Waals surface area contributed by atoms with Crippen molar-refractivity contribution in [2.75, 3.05) is 20.3 Å². The van der Waals surface area contributed by atoms with Crippen molar-refractivity contribution in [3.05, 3.63) is 108 Å². The van der Waals surface area contributed by atoms with Gasteiger partial charge in [0.05, 0.1) is 30.1 Å². The second kappa shape index (κ2) is 9.65. The van der Waals surface area contributed by atoms with Crippen molar-refractivity contribution in [2.45, 2.75) is 18.6 Å². The first-order valence-electron chi connectivity index (χ1n) is 12.4. The van der Waals surface area contributed by atoms with Crippen LogP contribution in [0.1, 0.15) is 28.6 Å². The molecule has 0 aliphatic carbocycles. The Labute approximate surface area is 222 Å². The first-order valence-corrected chi connectivity index (χ1v) is 12.4. The van der Waals surface area contributed by atoms with Gasteiger partial charge in [-0.2, -0.15) is 13.2 Å². The Bertz CT molecular complexity index is 1680. The molecule has 5 aromatic rings. The quantitative estimate of drug-likeness (QED) is 0.276. The largest absolute Gasteiger partial charge is 0.497 e. The number of methoxy groups -OCH3 is 1. The number of ether oxygens (including phenoxy) is 2. The highest BCUT2D eigenvalue weighted by Crippen LogP contribution is 2.38. The average molecular weight is 532 g/mol. The topological polar surface area (TPSA) is 56.1 Å². The lowest BCUT2D eigenvalue weighted by Crippen LogP contribution is -2.43. The molecule has 0 bridgehead atoms. The molecule has 3 heterocycles. The summed E-state index contributed by atoms with van der Waals surface area (Å²) in [6, 6.07) is 22.3. The van der Waals surface area contributed by atoms with Crippen LogP contribution >= 0.6 is 0 Å². The molecule has 1 atom stereocenters. The van der Waals surface area contributed by atoms with E-state index in [-0.39, 0.29) is 18.2 Å². The summed E-state index contributed by atoms with van der Waals surface area (Å²) in [5.74, 6) is 0.993. The molecule has 1 unspecified atom stereocenters. The van der Waals surface area contributed by atoms with Gasteiger partial charge in [-0.25, -0.2) is 4.98 Å². The van der Waals surface area contributed by atoms with Crippen molar-refractivity contribution in [1.82, 2.24) is 14.3 Å². The van der Waals surface area contributed by atoms with Crippen molar-refractivity contribution in [2.24, 2.45) is 0 Å². The van der Waals surface area contributed by atoms with Crippen molar-refractivity contribution in [3.63, 3.8) is 0 Å². The Hall–Kier alpha value is -4.53. The fourth-order valence-electron chi connectivity index (χ4n) is 5.14. The molecule has 0 N–H and O–H groups in total. The predicted octanol–water partition coefficient (Wildman–Crippen LogP) is 6.07. The minimum Gasteiger partial charge on any atom is -0.497 e. The summed E-state index contributed by atoms with van der Waals surface area (Å²) in [6.45, 7) is 0.162. The number of nitrogens with zero attached hydrogens (tertiary/aromatic N) is 3. The molecular weight excluding hydrogens is 507 g/mol. The molecule has 9 heteroatoms. The molecule has 0 fully saturated rings. The van der Waals surface area contributed by atoms with E-state index in [1.165, 1.54) is 6.20 Å². The van der Waals surface area contributed by atoms with E-state index in [1.807, 2.05) is 54.6 Å². The number of fused-ring (bicyclic) bond motifs is 4. The van der Waals surface area contributed by atoms with E-state index in [9.17, 15) is 18.0 Å². The lowest BCUT2D eigenvalue weighted by Gasteiger charge is -2.36. The normalized spacial score (nSPS) is 15.4. The minimum atomic E-state index is -4.48. The third kappa shape index (κ3) is 4.65. The van der Waals surface area contributed by atoms with Gasteiger partial charge < -0.3 is 18.8 Å². The molecule has 1 amide bonds. The zero-order chi connectivity index (χ0) is 27.1. The monoisotopic (exact) mass is 531 g/mol. The van der Waals surface area contributed by atoms with Crippen molar-refractivity contribution < 1.29 is 27.4 Å². The molecule has 3 aromatic carbocycles. The second-order valence-electron chi connectivity index (χ2n) is 9.40. The summed E-state index contributed by atoms with van der Waals surface area (Å²) < 4.78 is 53.0. The van der Waals surface area contributed by atoms with Crippen LogP contribution < -0.4 is 9.47 Å². The third-order valence-electron chi connectivity index (χ3n) is 7.06. The van der Waals surface area contributed by atoms with Crippen molar-refractivity contribution in [3.8, 4) is 11.5 Å². The van der Waals surface area contributed by atoms with Crippen LogP contribution in [0.3, 0.4) is 0 Å². The first-order chi connectivity index (χ1) is 18.8. The number of alkyl halides is 3. The number of carbonyl (C=O) groups is 1. The van der Waals surface area contributed by atoms with E-state index in [1.54, 1.807) is 28.5 Å². The summed E-state index contributed by atoms with van der Waals surface area (Å²) in [5, 5.41) is 2.07. The molecule has 6 rings (SSSR count). The number of pyridine rings is 1. The highest BCUT2D eigenvalue weighted by atomic mass is 19.4. The summed E-state index contributed by atoms with van der Waals surface area (Å²) in [4.78, 5) is 19.8. The van der Waals surface area contributed by atoms with E-state index in [0.29, 0.717) is 35.9 Å². The number of hydrogen-bond acceptors (Lipinski definition) is 4. The van der Waals surface area contributed by atoms with Crippen LogP contribution in [0.5, 0.6) is 11.5 Å². The number of carbonyl (C=O) groups excluding carboxylic acids is 1. The number of benzene rings is 3. The Morgan fingerprint density at radius 3 is 2.46 bits per heavy atom. The van der Waals surface area contributed by atoms with E-state index in [4.69, 9.17) is 9.47 Å². The third-order valence-corrected chi connectivity index (χ3v) is 7.06. The lowest BCUT2D eigenvalue weighted by molar-refractivity contribution is -0.137. The number of imidazole rings is 1. The van der Waals surface area contributed by atoms with E-state index in [0.717, 1.165) is 28.5 Å². The number of aromatic nitrogens is 2. The smallest absolute Gasteiger partial charge is 0.416 e. The molecule has 2 aromatic heterocycles. The van der Waals surface area contributed by atoms with Gasteiger partial charge in [0.2, 0.25) is 0 Å². The molecule has 198 valence electrons. The van der Waals surface area contributed by atoms with Crippen LogP contribution in [0.25, 0.3) is 16.4 Å². The molecule has 39 heavy (non-hydrogen) atoms. The summed E-state index contributed by atoms with van der Waals surface area (Å²) in [7, 11) is 1.57. The maximum atomic E-state index is 13.6. The zero-order valence-corrected chi connectivity index (χ0v) is 21.0. The fourth-order valence-corrected chi connectivity index (χ4v) is 5.14. The summed E-state index contributed by atoms with van der Waals surface area (Å²) in [6.07, 6.45) is -2.70. The van der Waals surface area contributed by atoms with Gasteiger partial charge in [0, 0.05) is 19.2 Å². The van der Waals surface area contributed by atoms with Crippen LogP contribution in [0.4, 0.5) is 13.2 Å². The molecule has 6 nitrogen and oxygen atoms in total. The highest BCUT2D eigenvalue weighted by Gasteiger charge is 2.37. The Morgan fingerprint density at radius 2 is 1.72 bits per heavy atom. The second-order valence-corrected chi connectivity index (χ2v) is 9.40. The fraction of sp³-hybridized carbons (Fsp3) is 0.200. The van der Waals surface area contributed by atoms with E-state index >= 15 is 0 Å². The first kappa shape index (κ1) is 24.8. The van der Waals surface area contributed by atoms with Gasteiger partial charge in [-0.3, -0.25) is 4.79 Å². The van der Waals surface area contributed by atoms with Crippen LogP contribution in [-0.2, 0) is 17.4 Å². The molecule has 0 radical (unpaired) electrons. The van der Waals surface area contributed by atoms with Crippen LogP contribution in [-0.4, -0.2) is 40.5 Å². The number of rotatable bonds is 5. The van der Waals surface area contributed by atoms with E-state index in [2.05, 4.69) is 4.98 Å². The minimum absolute atomic E-state index is 0.185. The van der Waals surface area contributed by atoms with Gasteiger partial charge in [0.25, 0.3) is 5.91 Å². The van der Waals surface area contributed by atoms with Gasteiger partial charge >= 0.3 is 6.18 Å². The van der Waals surface area contributed by atoms with Crippen molar-refractivity contribution in [1.29, 1.82) is 0 Å². The predicted molar refractivity (Wildman–Crippen MR) is 140 cm³/mol. The van der Waals surface area contributed by atoms with Crippen LogP contribution in [0.15, 0.2) is 85.1 Å². The summed E-state index contributed by atoms with van der Waals surface area (Å²) >= 11 is 0. The van der Waals surface area contributed by atoms with Gasteiger partial charge in [-0.15, -0.1) is 0 Å². The zero-order valence-electron chi connectivity index (χ0n) is 21.0. The number of halogens is 3. The van der Waals surface area contributed by atoms with Gasteiger partial charge in [-0.1, -0.05) is 42.5 Å². The van der Waals surface area contributed by atoms with Gasteiger partial charge in [-0.05, 0) is 52.7 Å². The lowest BCUT2D eigenvalue weighted by atomic mass is 9.95. The molecule has 1 aliphatic heterocycles. The van der Waals surface area contributed by atoms with Crippen LogP contribution in [0.2, 0.25) is 0 Å². The maximum absolute atomic E-state index is 13.6. The number of hydrogen-bond donors (Lipinski definition) is 0.